The molecule has 0 aliphatic carbocycles. The van der Waals surface area contributed by atoms with Gasteiger partial charge in [-0.15, -0.1) is 0 Å². The highest BCUT2D eigenvalue weighted by atomic mass is 79.9. The number of sulfonamides is 1. The number of primary sulfonamides is 1. The number of nitrogens with zero attached hydrogens (tertiary/aromatic N) is 1. The standard InChI is InChI=1S/C13H12BrN3O4S/c14-10-3-1-9(2-4-10)8-16-12-6-5-11(17(18)19)7-13(12)22(15,20)21/h1-7,16H,8H2,(H2,15,20,21). The fraction of sp³-hybridized carbons (Fsp3) is 0.0769. The van der Waals surface area contributed by atoms with Crippen molar-refractivity contribution in [1.82, 2.24) is 0 Å². The number of nitrogens with two attached hydrogens (primary N) is 1. The molecule has 2 rings (SSSR count). The smallest absolute Gasteiger partial charge is 0.270 e. The fourth-order valence-electron chi connectivity index (χ4n) is 1.81. The zero-order chi connectivity index (χ0) is 16.3. The first-order valence-corrected chi connectivity index (χ1v) is 8.41. The minimum absolute atomic E-state index is 0.219. The van der Waals surface area contributed by atoms with Gasteiger partial charge in [0, 0.05) is 23.2 Å². The minimum atomic E-state index is -4.08. The second-order valence-corrected chi connectivity index (χ2v) is 6.91. The van der Waals surface area contributed by atoms with E-state index in [1.165, 1.54) is 12.1 Å². The first-order chi connectivity index (χ1) is 10.3. The van der Waals surface area contributed by atoms with Crippen molar-refractivity contribution in [3.05, 3.63) is 62.6 Å². The number of hydrogen-bond donors (Lipinski definition) is 2. The van der Waals surface area contributed by atoms with Crippen molar-refractivity contribution in [3.63, 3.8) is 0 Å². The number of non-ortho nitro benzene ring substituents is 1. The van der Waals surface area contributed by atoms with Gasteiger partial charge in [0.15, 0.2) is 0 Å². The third-order valence-corrected chi connectivity index (χ3v) is 4.36. The molecule has 9 heteroatoms. The number of nitrogens with one attached hydrogen (secondary N) is 1. The van der Waals surface area contributed by atoms with E-state index >= 15 is 0 Å². The number of anilines is 1. The van der Waals surface area contributed by atoms with Crippen LogP contribution in [0.15, 0.2) is 51.8 Å². The van der Waals surface area contributed by atoms with E-state index in [2.05, 4.69) is 21.2 Å². The molecule has 3 N–H and O–H groups in total. The Morgan fingerprint density at radius 3 is 2.36 bits per heavy atom. The van der Waals surface area contributed by atoms with Gasteiger partial charge in [-0.25, -0.2) is 13.6 Å². The SMILES string of the molecule is NS(=O)(=O)c1cc([N+](=O)[O-])ccc1NCc1ccc(Br)cc1. The molecule has 0 amide bonds. The molecule has 0 saturated heterocycles. The van der Waals surface area contributed by atoms with E-state index in [-0.39, 0.29) is 16.3 Å². The average molecular weight is 386 g/mol. The molecule has 0 atom stereocenters. The van der Waals surface area contributed by atoms with Crippen LogP contribution in [-0.4, -0.2) is 13.3 Å². The van der Waals surface area contributed by atoms with Crippen LogP contribution < -0.4 is 10.5 Å². The van der Waals surface area contributed by atoms with Crippen LogP contribution in [0.2, 0.25) is 0 Å². The molecular weight excluding hydrogens is 374 g/mol. The lowest BCUT2D eigenvalue weighted by Crippen LogP contribution is -2.15. The maximum atomic E-state index is 11.6. The highest BCUT2D eigenvalue weighted by Crippen LogP contribution is 2.26. The summed E-state index contributed by atoms with van der Waals surface area (Å²) in [5.41, 5.74) is 0.802. The third kappa shape index (κ3) is 4.03. The van der Waals surface area contributed by atoms with Gasteiger partial charge in [-0.2, -0.15) is 0 Å². The Morgan fingerprint density at radius 2 is 1.82 bits per heavy atom. The minimum Gasteiger partial charge on any atom is -0.380 e. The molecule has 0 heterocycles. The fourth-order valence-corrected chi connectivity index (χ4v) is 2.80. The second kappa shape index (κ2) is 6.42. The monoisotopic (exact) mass is 385 g/mol. The van der Waals surface area contributed by atoms with Crippen LogP contribution in [0, 0.1) is 10.1 Å². The molecule has 22 heavy (non-hydrogen) atoms. The molecule has 2 aromatic rings. The highest BCUT2D eigenvalue weighted by Gasteiger charge is 2.18. The van der Waals surface area contributed by atoms with E-state index < -0.39 is 14.9 Å². The predicted octanol–water partition coefficient (Wildman–Crippen LogP) is 2.62. The van der Waals surface area contributed by atoms with Gasteiger partial charge < -0.3 is 5.32 Å². The Labute approximate surface area is 135 Å². The summed E-state index contributed by atoms with van der Waals surface area (Å²) in [6.45, 7) is 0.355. The van der Waals surface area contributed by atoms with E-state index in [4.69, 9.17) is 5.14 Å². The van der Waals surface area contributed by atoms with Crippen LogP contribution in [0.4, 0.5) is 11.4 Å². The lowest BCUT2D eigenvalue weighted by Gasteiger charge is -2.11. The summed E-state index contributed by atoms with van der Waals surface area (Å²) in [5.74, 6) is 0. The van der Waals surface area contributed by atoms with Crippen LogP contribution in [-0.2, 0) is 16.6 Å². The van der Waals surface area contributed by atoms with E-state index in [0.717, 1.165) is 16.1 Å². The molecule has 116 valence electrons. The molecule has 0 bridgehead atoms. The summed E-state index contributed by atoms with van der Waals surface area (Å²) in [6.07, 6.45) is 0. The first kappa shape index (κ1) is 16.4. The van der Waals surface area contributed by atoms with E-state index in [9.17, 15) is 18.5 Å². The number of nitro groups is 1. The second-order valence-electron chi connectivity index (χ2n) is 4.46. The highest BCUT2D eigenvalue weighted by molar-refractivity contribution is 9.10. The predicted molar refractivity (Wildman–Crippen MR) is 85.9 cm³/mol. The summed E-state index contributed by atoms with van der Waals surface area (Å²) >= 11 is 3.32. The van der Waals surface area contributed by atoms with Gasteiger partial charge in [0.05, 0.1) is 10.6 Å². The quantitative estimate of drug-likeness (QED) is 0.606. The maximum absolute atomic E-state index is 11.6. The number of nitro benzene ring substituents is 1. The van der Waals surface area contributed by atoms with Crippen molar-refractivity contribution in [2.24, 2.45) is 5.14 Å². The topological polar surface area (TPSA) is 115 Å². The summed E-state index contributed by atoms with van der Waals surface area (Å²) in [5, 5.41) is 18.8. The number of rotatable bonds is 5. The summed E-state index contributed by atoms with van der Waals surface area (Å²) in [6, 6.07) is 10.9. The lowest BCUT2D eigenvalue weighted by atomic mass is 10.2. The van der Waals surface area contributed by atoms with Crippen LogP contribution >= 0.6 is 15.9 Å². The molecule has 2 aromatic carbocycles. The van der Waals surface area contributed by atoms with Crippen LogP contribution in [0.25, 0.3) is 0 Å². The van der Waals surface area contributed by atoms with Gasteiger partial charge >= 0.3 is 0 Å². The first-order valence-electron chi connectivity index (χ1n) is 6.07. The molecule has 0 aliphatic heterocycles. The van der Waals surface area contributed by atoms with Crippen molar-refractivity contribution in [3.8, 4) is 0 Å². The van der Waals surface area contributed by atoms with Gasteiger partial charge in [0.2, 0.25) is 10.0 Å². The van der Waals surface area contributed by atoms with Gasteiger partial charge in [0.1, 0.15) is 4.90 Å². The van der Waals surface area contributed by atoms with Gasteiger partial charge in [-0.3, -0.25) is 10.1 Å². The van der Waals surface area contributed by atoms with E-state index in [0.29, 0.717) is 6.54 Å². The Morgan fingerprint density at radius 1 is 1.18 bits per heavy atom. The molecule has 0 unspecified atom stereocenters. The average Bonchev–Trinajstić information content (AvgIpc) is 2.45. The molecule has 0 radical (unpaired) electrons. The Bertz CT molecular complexity index is 807. The number of halogens is 1. The molecular formula is C13H12BrN3O4S. The zero-order valence-electron chi connectivity index (χ0n) is 11.2. The van der Waals surface area contributed by atoms with Crippen molar-refractivity contribution in [1.29, 1.82) is 0 Å². The third-order valence-electron chi connectivity index (χ3n) is 2.88. The van der Waals surface area contributed by atoms with Crippen LogP contribution in [0.5, 0.6) is 0 Å². The van der Waals surface area contributed by atoms with Crippen molar-refractivity contribution < 1.29 is 13.3 Å². The molecule has 0 saturated carbocycles. The van der Waals surface area contributed by atoms with Crippen molar-refractivity contribution >= 4 is 37.3 Å². The Hall–Kier alpha value is -1.97. The van der Waals surface area contributed by atoms with Crippen LogP contribution in [0.3, 0.4) is 0 Å². The molecule has 0 spiro atoms. The summed E-state index contributed by atoms with van der Waals surface area (Å²) in [7, 11) is -4.08. The largest absolute Gasteiger partial charge is 0.380 e. The van der Waals surface area contributed by atoms with Crippen LogP contribution in [0.1, 0.15) is 5.56 Å². The van der Waals surface area contributed by atoms with Gasteiger partial charge in [-0.1, -0.05) is 28.1 Å². The molecule has 7 nitrogen and oxygen atoms in total. The number of hydrogen-bond acceptors (Lipinski definition) is 5. The molecule has 0 aliphatic rings. The Kier molecular flexibility index (Phi) is 4.79. The van der Waals surface area contributed by atoms with Gasteiger partial charge in [-0.05, 0) is 23.8 Å². The summed E-state index contributed by atoms with van der Waals surface area (Å²) in [4.78, 5) is 9.77. The van der Waals surface area contributed by atoms with Crippen molar-refractivity contribution in [2.75, 3.05) is 5.32 Å². The normalized spacial score (nSPS) is 11.2. The van der Waals surface area contributed by atoms with E-state index in [1.54, 1.807) is 0 Å². The van der Waals surface area contributed by atoms with Gasteiger partial charge in [0.25, 0.3) is 5.69 Å². The maximum Gasteiger partial charge on any atom is 0.270 e. The summed E-state index contributed by atoms with van der Waals surface area (Å²) < 4.78 is 24.1. The lowest BCUT2D eigenvalue weighted by molar-refractivity contribution is -0.385. The molecule has 0 fully saturated rings. The molecule has 0 aromatic heterocycles. The zero-order valence-corrected chi connectivity index (χ0v) is 13.6. The number of benzene rings is 2. The van der Waals surface area contributed by atoms with Crippen molar-refractivity contribution in [2.45, 2.75) is 11.4 Å². The van der Waals surface area contributed by atoms with E-state index in [1.807, 2.05) is 24.3 Å². The Balaban J connectivity index is 2.30.